The van der Waals surface area contributed by atoms with Gasteiger partial charge in [-0.05, 0) is 11.8 Å². The van der Waals surface area contributed by atoms with Crippen molar-refractivity contribution < 1.29 is 4.79 Å². The molecular formula is C12H25NO. The molecule has 84 valence electrons. The molecule has 0 aromatic carbocycles. The van der Waals surface area contributed by atoms with Crippen molar-refractivity contribution in [2.75, 3.05) is 7.05 Å². The molecule has 0 saturated carbocycles. The second-order valence-corrected chi connectivity index (χ2v) is 4.38. The predicted octanol–water partition coefficient (Wildman–Crippen LogP) is 2.83. The van der Waals surface area contributed by atoms with Crippen LogP contribution in [0.3, 0.4) is 0 Å². The predicted molar refractivity (Wildman–Crippen MR) is 61.1 cm³/mol. The van der Waals surface area contributed by atoms with Gasteiger partial charge in [0.05, 0.1) is 0 Å². The van der Waals surface area contributed by atoms with Gasteiger partial charge in [-0.15, -0.1) is 0 Å². The average molecular weight is 199 g/mol. The zero-order valence-corrected chi connectivity index (χ0v) is 10.3. The molecule has 0 rings (SSSR count). The number of hydrogen-bond donors (Lipinski definition) is 1. The number of carbonyl (C=O) groups excluding carboxylic acids is 1. The zero-order valence-electron chi connectivity index (χ0n) is 10.3. The molecule has 0 radical (unpaired) electrons. The van der Waals surface area contributed by atoms with Crippen LogP contribution in [0.1, 0.15) is 47.0 Å². The Labute approximate surface area is 88.5 Å². The monoisotopic (exact) mass is 199 g/mol. The maximum atomic E-state index is 11.4. The van der Waals surface area contributed by atoms with E-state index in [1.807, 2.05) is 6.92 Å². The molecule has 0 bridgehead atoms. The number of amides is 1. The molecule has 2 heteroatoms. The van der Waals surface area contributed by atoms with Gasteiger partial charge in [0.2, 0.25) is 5.91 Å². The van der Waals surface area contributed by atoms with Crippen LogP contribution < -0.4 is 5.32 Å². The molecule has 0 aliphatic rings. The summed E-state index contributed by atoms with van der Waals surface area (Å²) < 4.78 is 0. The summed E-state index contributed by atoms with van der Waals surface area (Å²) in [7, 11) is 1.71. The largest absolute Gasteiger partial charge is 0.359 e. The van der Waals surface area contributed by atoms with Crippen LogP contribution in [0.4, 0.5) is 0 Å². The van der Waals surface area contributed by atoms with Gasteiger partial charge in [-0.25, -0.2) is 0 Å². The van der Waals surface area contributed by atoms with Gasteiger partial charge in [-0.3, -0.25) is 4.79 Å². The van der Waals surface area contributed by atoms with Crippen LogP contribution >= 0.6 is 0 Å². The first kappa shape index (κ1) is 13.5. The standard InChI is InChI=1S/C12H25NO/c1-6-7-8-9(2)10(3)11(4)12(14)13-5/h9-11H,6-8H2,1-5H3,(H,13,14). The highest BCUT2D eigenvalue weighted by Crippen LogP contribution is 2.24. The lowest BCUT2D eigenvalue weighted by molar-refractivity contribution is -0.126. The van der Waals surface area contributed by atoms with E-state index in [1.54, 1.807) is 7.05 Å². The molecule has 0 heterocycles. The minimum atomic E-state index is 0.131. The lowest BCUT2D eigenvalue weighted by Crippen LogP contribution is -2.32. The Kier molecular flexibility index (Phi) is 6.60. The summed E-state index contributed by atoms with van der Waals surface area (Å²) in [6.07, 6.45) is 3.75. The van der Waals surface area contributed by atoms with E-state index in [0.717, 1.165) is 0 Å². The van der Waals surface area contributed by atoms with Gasteiger partial charge in [-0.1, -0.05) is 47.0 Å². The number of rotatable bonds is 6. The summed E-state index contributed by atoms with van der Waals surface area (Å²) in [4.78, 5) is 11.4. The van der Waals surface area contributed by atoms with Crippen molar-refractivity contribution in [2.24, 2.45) is 17.8 Å². The Balaban J connectivity index is 4.02. The summed E-state index contributed by atoms with van der Waals surface area (Å²) in [5.41, 5.74) is 0. The van der Waals surface area contributed by atoms with Crippen LogP contribution in [0.5, 0.6) is 0 Å². The summed E-state index contributed by atoms with van der Waals surface area (Å²) in [6, 6.07) is 0. The van der Waals surface area contributed by atoms with Gasteiger partial charge >= 0.3 is 0 Å². The summed E-state index contributed by atoms with van der Waals surface area (Å²) >= 11 is 0. The molecule has 0 spiro atoms. The average Bonchev–Trinajstić information content (AvgIpc) is 2.22. The van der Waals surface area contributed by atoms with E-state index >= 15 is 0 Å². The SMILES string of the molecule is CCCCC(C)C(C)C(C)C(=O)NC. The molecule has 3 atom stereocenters. The van der Waals surface area contributed by atoms with Crippen molar-refractivity contribution in [1.29, 1.82) is 0 Å². The molecule has 0 saturated heterocycles. The maximum Gasteiger partial charge on any atom is 0.222 e. The number of carbonyl (C=O) groups is 1. The molecule has 0 aliphatic heterocycles. The number of unbranched alkanes of at least 4 members (excludes halogenated alkanes) is 1. The summed E-state index contributed by atoms with van der Waals surface area (Å²) in [5.74, 6) is 1.41. The van der Waals surface area contributed by atoms with Gasteiger partial charge in [0.1, 0.15) is 0 Å². The van der Waals surface area contributed by atoms with Gasteiger partial charge in [-0.2, -0.15) is 0 Å². The molecular weight excluding hydrogens is 174 g/mol. The van der Waals surface area contributed by atoms with Crippen molar-refractivity contribution in [3.8, 4) is 0 Å². The second-order valence-electron chi connectivity index (χ2n) is 4.38. The smallest absolute Gasteiger partial charge is 0.222 e. The number of nitrogens with one attached hydrogen (secondary N) is 1. The van der Waals surface area contributed by atoms with E-state index in [9.17, 15) is 4.79 Å². The minimum absolute atomic E-state index is 0.131. The van der Waals surface area contributed by atoms with Crippen LogP contribution in [0.25, 0.3) is 0 Å². The van der Waals surface area contributed by atoms with Crippen LogP contribution in [-0.4, -0.2) is 13.0 Å². The molecule has 3 unspecified atom stereocenters. The molecule has 0 aliphatic carbocycles. The molecule has 1 amide bonds. The topological polar surface area (TPSA) is 29.1 Å². The van der Waals surface area contributed by atoms with E-state index in [-0.39, 0.29) is 11.8 Å². The molecule has 1 N–H and O–H groups in total. The van der Waals surface area contributed by atoms with Crippen molar-refractivity contribution in [3.63, 3.8) is 0 Å². The molecule has 0 fully saturated rings. The highest BCUT2D eigenvalue weighted by atomic mass is 16.1. The summed E-state index contributed by atoms with van der Waals surface area (Å²) in [6.45, 7) is 8.66. The fraction of sp³-hybridized carbons (Fsp3) is 0.917. The Morgan fingerprint density at radius 2 is 1.86 bits per heavy atom. The second kappa shape index (κ2) is 6.86. The molecule has 14 heavy (non-hydrogen) atoms. The van der Waals surface area contributed by atoms with Gasteiger partial charge in [0.25, 0.3) is 0 Å². The minimum Gasteiger partial charge on any atom is -0.359 e. The van der Waals surface area contributed by atoms with Crippen LogP contribution in [0, 0.1) is 17.8 Å². The van der Waals surface area contributed by atoms with Crippen molar-refractivity contribution in [1.82, 2.24) is 5.32 Å². The Morgan fingerprint density at radius 3 is 2.29 bits per heavy atom. The van der Waals surface area contributed by atoms with Crippen LogP contribution in [-0.2, 0) is 4.79 Å². The first-order valence-electron chi connectivity index (χ1n) is 5.76. The lowest BCUT2D eigenvalue weighted by Gasteiger charge is -2.24. The van der Waals surface area contributed by atoms with Crippen LogP contribution in [0.15, 0.2) is 0 Å². The van der Waals surface area contributed by atoms with Crippen molar-refractivity contribution in [3.05, 3.63) is 0 Å². The van der Waals surface area contributed by atoms with E-state index in [0.29, 0.717) is 11.8 Å². The van der Waals surface area contributed by atoms with E-state index in [1.165, 1.54) is 19.3 Å². The van der Waals surface area contributed by atoms with Crippen LogP contribution in [0.2, 0.25) is 0 Å². The Hall–Kier alpha value is -0.530. The zero-order chi connectivity index (χ0) is 11.1. The summed E-state index contributed by atoms with van der Waals surface area (Å²) in [5, 5.41) is 2.72. The third-order valence-electron chi connectivity index (χ3n) is 3.36. The first-order chi connectivity index (χ1) is 6.54. The Morgan fingerprint density at radius 1 is 1.29 bits per heavy atom. The molecule has 0 aromatic rings. The van der Waals surface area contributed by atoms with Gasteiger partial charge in [0.15, 0.2) is 0 Å². The fourth-order valence-corrected chi connectivity index (χ4v) is 1.75. The molecule has 2 nitrogen and oxygen atoms in total. The highest BCUT2D eigenvalue weighted by Gasteiger charge is 2.23. The fourth-order valence-electron chi connectivity index (χ4n) is 1.75. The van der Waals surface area contributed by atoms with E-state index in [4.69, 9.17) is 0 Å². The third-order valence-corrected chi connectivity index (χ3v) is 3.36. The Bertz CT molecular complexity index is 168. The number of hydrogen-bond acceptors (Lipinski definition) is 1. The molecule has 0 aromatic heterocycles. The van der Waals surface area contributed by atoms with Gasteiger partial charge in [0, 0.05) is 13.0 Å². The first-order valence-corrected chi connectivity index (χ1v) is 5.76. The van der Waals surface area contributed by atoms with E-state index < -0.39 is 0 Å². The van der Waals surface area contributed by atoms with Crippen molar-refractivity contribution >= 4 is 5.91 Å². The highest BCUT2D eigenvalue weighted by molar-refractivity contribution is 5.78. The lowest BCUT2D eigenvalue weighted by atomic mass is 9.82. The maximum absolute atomic E-state index is 11.4. The third kappa shape index (κ3) is 4.12. The quantitative estimate of drug-likeness (QED) is 0.700. The normalized spacial score (nSPS) is 17.2. The van der Waals surface area contributed by atoms with Gasteiger partial charge < -0.3 is 5.32 Å². The van der Waals surface area contributed by atoms with E-state index in [2.05, 4.69) is 26.1 Å². The van der Waals surface area contributed by atoms with Crippen molar-refractivity contribution in [2.45, 2.75) is 47.0 Å².